The monoisotopic (exact) mass is 596 g/mol. The smallest absolute Gasteiger partial charge is 0.414 e. The van der Waals surface area contributed by atoms with Crippen molar-refractivity contribution in [1.29, 1.82) is 0 Å². The van der Waals surface area contributed by atoms with Gasteiger partial charge in [-0.05, 0) is 56.3 Å². The number of nitrogens with one attached hydrogen (secondary N) is 1. The van der Waals surface area contributed by atoms with E-state index in [1.165, 1.54) is 62.4 Å². The minimum Gasteiger partial charge on any atom is -0.495 e. The highest BCUT2D eigenvalue weighted by Crippen LogP contribution is 2.41. The van der Waals surface area contributed by atoms with E-state index in [4.69, 9.17) is 22.1 Å². The molecule has 10 nitrogen and oxygen atoms in total. The molecule has 2 aromatic carbocycles. The van der Waals surface area contributed by atoms with E-state index in [9.17, 15) is 32.3 Å². The molecule has 0 bridgehead atoms. The van der Waals surface area contributed by atoms with Crippen molar-refractivity contribution in [3.8, 4) is 0 Å². The summed E-state index contributed by atoms with van der Waals surface area (Å²) in [5.74, 6) is -2.35. The maximum Gasteiger partial charge on any atom is 0.414 e. The Bertz CT molecular complexity index is 1460. The number of hydrogen-bond acceptors (Lipinski definition) is 8. The molecule has 0 fully saturated rings. The van der Waals surface area contributed by atoms with Crippen molar-refractivity contribution >= 4 is 40.4 Å². The molecule has 2 amide bonds. The maximum absolute atomic E-state index is 14.1. The average molecular weight is 597 g/mol. The number of anilines is 2. The minimum absolute atomic E-state index is 0.0534. The summed E-state index contributed by atoms with van der Waals surface area (Å²) in [6.45, 7) is 2.81. The van der Waals surface area contributed by atoms with E-state index in [-0.39, 0.29) is 33.3 Å². The number of amides is 2. The van der Waals surface area contributed by atoms with E-state index in [1.807, 2.05) is 0 Å². The first-order chi connectivity index (χ1) is 19.2. The van der Waals surface area contributed by atoms with Crippen LogP contribution in [0.1, 0.15) is 29.8 Å². The largest absolute Gasteiger partial charge is 0.495 e. The van der Waals surface area contributed by atoms with Crippen molar-refractivity contribution in [2.45, 2.75) is 44.4 Å². The van der Waals surface area contributed by atoms with Gasteiger partial charge >= 0.3 is 6.18 Å². The fourth-order valence-electron chi connectivity index (χ4n) is 4.45. The average Bonchev–Trinajstić information content (AvgIpc) is 3.29. The number of ether oxygens (including phenoxy) is 1. The zero-order chi connectivity index (χ0) is 30.2. The van der Waals surface area contributed by atoms with Crippen LogP contribution in [0.25, 0.3) is 5.57 Å². The summed E-state index contributed by atoms with van der Waals surface area (Å²) in [6, 6.07) is 3.60. The molecule has 0 spiro atoms. The Morgan fingerprint density at radius 3 is 2.51 bits per heavy atom. The number of carbonyl (C=O) groups is 2. The van der Waals surface area contributed by atoms with E-state index in [0.29, 0.717) is 5.56 Å². The fraction of sp³-hybridized carbons (Fsp3) is 0.308. The van der Waals surface area contributed by atoms with E-state index in [1.54, 1.807) is 0 Å². The molecule has 0 aliphatic carbocycles. The summed E-state index contributed by atoms with van der Waals surface area (Å²) in [6.07, 6.45) is -3.29. The normalized spacial score (nSPS) is 21.3. The number of methoxy groups -OCH3 is 1. The van der Waals surface area contributed by atoms with E-state index in [0.717, 1.165) is 17.1 Å². The summed E-state index contributed by atoms with van der Waals surface area (Å²) in [7, 11) is 1.34. The number of carbonyl (C=O) groups excluding carboxylic acids is 2. The predicted molar refractivity (Wildman–Crippen MR) is 142 cm³/mol. The van der Waals surface area contributed by atoms with Gasteiger partial charge in [-0.2, -0.15) is 18.3 Å². The van der Waals surface area contributed by atoms with Gasteiger partial charge in [0.05, 0.1) is 24.4 Å². The van der Waals surface area contributed by atoms with Gasteiger partial charge in [0.25, 0.3) is 5.91 Å². The maximum atomic E-state index is 14.1. The molecular weight excluding hydrogens is 572 g/mol. The van der Waals surface area contributed by atoms with Crippen LogP contribution < -0.4 is 16.1 Å². The Hall–Kier alpha value is -4.17. The molecule has 4 N–H and O–H groups in total. The molecule has 41 heavy (non-hydrogen) atoms. The second-order valence-electron chi connectivity index (χ2n) is 9.30. The molecule has 2 heterocycles. The number of nitrogens with zero attached hydrogens (tertiary/aromatic N) is 4. The van der Waals surface area contributed by atoms with Crippen LogP contribution >= 0.6 is 11.6 Å². The van der Waals surface area contributed by atoms with Gasteiger partial charge in [0.15, 0.2) is 6.04 Å². The van der Waals surface area contributed by atoms with E-state index < -0.39 is 48.2 Å². The van der Waals surface area contributed by atoms with Gasteiger partial charge < -0.3 is 25.8 Å². The van der Waals surface area contributed by atoms with Crippen LogP contribution in [0, 0.1) is 5.82 Å². The number of benzene rings is 2. The first kappa shape index (κ1) is 29.8. The van der Waals surface area contributed by atoms with Gasteiger partial charge in [-0.25, -0.2) is 9.40 Å². The quantitative estimate of drug-likeness (QED) is 0.400. The van der Waals surface area contributed by atoms with Crippen molar-refractivity contribution in [3.63, 3.8) is 0 Å². The molecule has 2 aliphatic heterocycles. The summed E-state index contributed by atoms with van der Waals surface area (Å²) in [5, 5.41) is 22.0. The Morgan fingerprint density at radius 1 is 1.22 bits per heavy atom. The highest BCUT2D eigenvalue weighted by Gasteiger charge is 2.49. The van der Waals surface area contributed by atoms with Crippen molar-refractivity contribution in [1.82, 2.24) is 4.90 Å². The third kappa shape index (κ3) is 5.98. The third-order valence-corrected chi connectivity index (χ3v) is 6.88. The molecule has 0 saturated carbocycles. The van der Waals surface area contributed by atoms with Crippen LogP contribution in [-0.4, -0.2) is 59.5 Å². The second-order valence-corrected chi connectivity index (χ2v) is 9.74. The lowest BCUT2D eigenvalue weighted by atomic mass is 9.97. The molecule has 0 saturated heterocycles. The van der Waals surface area contributed by atoms with Crippen molar-refractivity contribution in [3.05, 3.63) is 76.4 Å². The number of hydrogen-bond donors (Lipinski definition) is 3. The van der Waals surface area contributed by atoms with Gasteiger partial charge in [-0.1, -0.05) is 16.8 Å². The molecule has 4 atom stereocenters. The Labute approximate surface area is 236 Å². The van der Waals surface area contributed by atoms with Crippen LogP contribution in [0.15, 0.2) is 64.8 Å². The topological polar surface area (TPSA) is 133 Å². The first-order valence-electron chi connectivity index (χ1n) is 12.1. The summed E-state index contributed by atoms with van der Waals surface area (Å²) < 4.78 is 59.9. The molecule has 2 aromatic rings. The van der Waals surface area contributed by atoms with Gasteiger partial charge in [0.1, 0.15) is 23.8 Å². The fourth-order valence-corrected chi connectivity index (χ4v) is 4.62. The molecule has 2 aliphatic rings. The standard InChI is InChI=1S/C26H25ClF4N6O4/c1-12-23(26(29,30)31)34-35-37(12)20-7-4-14(27)8-17(20)18-10-22(38)36(11-21(18)41-3)13(2)25(40)33-15-5-6-16(24(32)39)19(28)9-15/h4-13,22-23,38H,1-3H3,(H2,32,39)(H,33,40). The SMILES string of the molecule is COC1=CN(C(C)C(=O)Nc2ccc(C(N)=O)c(F)c2)C(O)C=C1c1cc(Cl)ccc1N1N=NC(C(F)(F)F)C1C. The minimum atomic E-state index is -4.60. The van der Waals surface area contributed by atoms with Crippen molar-refractivity contribution in [2.75, 3.05) is 17.4 Å². The number of aliphatic hydroxyl groups is 1. The number of rotatable bonds is 7. The van der Waals surface area contributed by atoms with Crippen LogP contribution in [0.2, 0.25) is 5.02 Å². The van der Waals surface area contributed by atoms with Crippen LogP contribution in [-0.2, 0) is 9.53 Å². The number of halogens is 5. The van der Waals surface area contributed by atoms with Gasteiger partial charge in [0, 0.05) is 28.0 Å². The van der Waals surface area contributed by atoms with E-state index in [2.05, 4.69) is 15.7 Å². The lowest BCUT2D eigenvalue weighted by Crippen LogP contribution is -2.45. The number of allylic oxidation sites excluding steroid dienone is 1. The second kappa shape index (κ2) is 11.4. The number of aliphatic hydroxyl groups excluding tert-OH is 1. The van der Waals surface area contributed by atoms with Crippen LogP contribution in [0.5, 0.6) is 0 Å². The van der Waals surface area contributed by atoms with Crippen molar-refractivity contribution in [2.24, 2.45) is 16.1 Å². The Morgan fingerprint density at radius 2 is 1.93 bits per heavy atom. The van der Waals surface area contributed by atoms with Crippen LogP contribution in [0.4, 0.5) is 28.9 Å². The lowest BCUT2D eigenvalue weighted by molar-refractivity contribution is -0.148. The first-order valence-corrected chi connectivity index (χ1v) is 12.5. The summed E-state index contributed by atoms with van der Waals surface area (Å²) >= 11 is 6.23. The predicted octanol–water partition coefficient (Wildman–Crippen LogP) is 4.62. The number of nitrogens with two attached hydrogens (primary N) is 1. The van der Waals surface area contributed by atoms with Crippen LogP contribution in [0.3, 0.4) is 0 Å². The highest BCUT2D eigenvalue weighted by atomic mass is 35.5. The Balaban J connectivity index is 1.61. The zero-order valence-electron chi connectivity index (χ0n) is 21.9. The summed E-state index contributed by atoms with van der Waals surface area (Å²) in [4.78, 5) is 25.5. The zero-order valence-corrected chi connectivity index (χ0v) is 22.6. The molecule has 4 unspecified atom stereocenters. The van der Waals surface area contributed by atoms with Gasteiger partial charge in [0.2, 0.25) is 5.91 Å². The lowest BCUT2D eigenvalue weighted by Gasteiger charge is -2.35. The molecular formula is C26H25ClF4N6O4. The van der Waals surface area contributed by atoms with Crippen molar-refractivity contribution < 1.29 is 37.0 Å². The highest BCUT2D eigenvalue weighted by molar-refractivity contribution is 6.31. The molecule has 0 radical (unpaired) electrons. The molecule has 15 heteroatoms. The molecule has 218 valence electrons. The number of alkyl halides is 3. The van der Waals surface area contributed by atoms with Gasteiger partial charge in [-0.3, -0.25) is 9.59 Å². The number of primary amides is 1. The van der Waals surface area contributed by atoms with E-state index >= 15 is 0 Å². The Kier molecular flexibility index (Phi) is 8.27. The van der Waals surface area contributed by atoms with Gasteiger partial charge in [-0.15, -0.1) is 0 Å². The summed E-state index contributed by atoms with van der Waals surface area (Å²) in [5.41, 5.74) is 5.63. The molecule has 0 aromatic heterocycles. The third-order valence-electron chi connectivity index (χ3n) is 6.65. The molecule has 4 rings (SSSR count).